The smallest absolute Gasteiger partial charge is 0.269 e. The first-order chi connectivity index (χ1) is 13.3. The molecule has 0 fully saturated rings. The molecule has 2 amide bonds. The van der Waals surface area contributed by atoms with Crippen molar-refractivity contribution in [3.63, 3.8) is 0 Å². The third-order valence-electron chi connectivity index (χ3n) is 3.42. The van der Waals surface area contributed by atoms with Crippen LogP contribution in [0.1, 0.15) is 27.6 Å². The van der Waals surface area contributed by atoms with Crippen LogP contribution < -0.4 is 25.6 Å². The summed E-state index contributed by atoms with van der Waals surface area (Å²) in [6.07, 6.45) is 0. The van der Waals surface area contributed by atoms with Gasteiger partial charge in [-0.2, -0.15) is 0 Å². The molecule has 2 aromatic carbocycles. The number of carbonyl (C=O) groups is 2. The van der Waals surface area contributed by atoms with E-state index >= 15 is 0 Å². The first-order valence-electron chi connectivity index (χ1n) is 8.03. The van der Waals surface area contributed by atoms with E-state index in [1.54, 1.807) is 36.4 Å². The molecular weight excluding hydrogens is 514 g/mol. The van der Waals surface area contributed by atoms with Crippen LogP contribution in [0.15, 0.2) is 45.3 Å². The first kappa shape index (κ1) is 22.1. The van der Waals surface area contributed by atoms with Crippen molar-refractivity contribution in [1.82, 2.24) is 16.2 Å². The van der Waals surface area contributed by atoms with Gasteiger partial charge in [-0.25, -0.2) is 0 Å². The van der Waals surface area contributed by atoms with E-state index < -0.39 is 11.8 Å². The van der Waals surface area contributed by atoms with Gasteiger partial charge in [0, 0.05) is 10.0 Å². The monoisotopic (exact) mass is 529 g/mol. The Hall–Kier alpha value is -2.17. The molecule has 0 atom stereocenters. The lowest BCUT2D eigenvalue weighted by Crippen LogP contribution is -2.48. The van der Waals surface area contributed by atoms with Crippen LogP contribution in [0, 0.1) is 0 Å². The van der Waals surface area contributed by atoms with Crippen molar-refractivity contribution in [3.8, 4) is 11.5 Å². The average molecular weight is 531 g/mol. The Morgan fingerprint density at radius 1 is 1.04 bits per heavy atom. The van der Waals surface area contributed by atoms with E-state index in [4.69, 9.17) is 21.7 Å². The van der Waals surface area contributed by atoms with Crippen molar-refractivity contribution >= 4 is 61.0 Å². The number of rotatable bonds is 5. The summed E-state index contributed by atoms with van der Waals surface area (Å²) in [4.78, 5) is 24.7. The normalized spacial score (nSPS) is 10.0. The predicted octanol–water partition coefficient (Wildman–Crippen LogP) is 3.57. The summed E-state index contributed by atoms with van der Waals surface area (Å²) in [5.41, 5.74) is 5.61. The van der Waals surface area contributed by atoms with E-state index in [1.165, 1.54) is 7.11 Å². The fourth-order valence-corrected chi connectivity index (χ4v) is 3.20. The maximum absolute atomic E-state index is 12.5. The maximum atomic E-state index is 12.5. The van der Waals surface area contributed by atoms with E-state index in [0.717, 1.165) is 4.47 Å². The molecule has 2 aromatic rings. The standard InChI is InChI=1S/C18H17Br2N3O4S/c1-3-27-14-7-5-11(19)9-12(14)17(25)21-18(28)23-22-16(24)10-4-6-15(26-2)13(20)8-10/h4-9H,3H2,1-2H3,(H,22,24)(H2,21,23,25,28). The Bertz CT molecular complexity index is 908. The van der Waals surface area contributed by atoms with Gasteiger partial charge in [0.1, 0.15) is 11.5 Å². The first-order valence-corrected chi connectivity index (χ1v) is 10.0. The number of thiocarbonyl (C=S) groups is 1. The number of carbonyl (C=O) groups excluding carboxylic acids is 2. The van der Waals surface area contributed by atoms with Crippen molar-refractivity contribution in [2.24, 2.45) is 0 Å². The van der Waals surface area contributed by atoms with Crippen molar-refractivity contribution in [3.05, 3.63) is 56.5 Å². The Morgan fingerprint density at radius 2 is 1.75 bits per heavy atom. The second-order valence-electron chi connectivity index (χ2n) is 5.29. The third kappa shape index (κ3) is 5.91. The third-order valence-corrected chi connectivity index (χ3v) is 4.73. The van der Waals surface area contributed by atoms with Gasteiger partial charge in [0.25, 0.3) is 11.8 Å². The van der Waals surface area contributed by atoms with Gasteiger partial charge in [-0.15, -0.1) is 0 Å². The molecule has 0 bridgehead atoms. The molecule has 0 aromatic heterocycles. The molecule has 0 radical (unpaired) electrons. The molecule has 0 aliphatic carbocycles. The number of methoxy groups -OCH3 is 1. The van der Waals surface area contributed by atoms with Crippen LogP contribution in [0.25, 0.3) is 0 Å². The zero-order valence-electron chi connectivity index (χ0n) is 15.0. The van der Waals surface area contributed by atoms with E-state index in [0.29, 0.717) is 33.7 Å². The summed E-state index contributed by atoms with van der Waals surface area (Å²) in [5, 5.41) is 2.43. The van der Waals surface area contributed by atoms with Gasteiger partial charge in [-0.1, -0.05) is 15.9 Å². The maximum Gasteiger partial charge on any atom is 0.269 e. The minimum atomic E-state index is -0.469. The fraction of sp³-hybridized carbons (Fsp3) is 0.167. The fourth-order valence-electron chi connectivity index (χ4n) is 2.16. The largest absolute Gasteiger partial charge is 0.496 e. The zero-order valence-corrected chi connectivity index (χ0v) is 19.0. The second kappa shape index (κ2) is 10.4. The highest BCUT2D eigenvalue weighted by atomic mass is 79.9. The zero-order chi connectivity index (χ0) is 20.7. The Labute approximate surface area is 184 Å². The SMILES string of the molecule is CCOc1ccc(Br)cc1C(=O)NC(=S)NNC(=O)c1ccc(OC)c(Br)c1. The van der Waals surface area contributed by atoms with Gasteiger partial charge in [0.15, 0.2) is 5.11 Å². The number of nitrogens with one attached hydrogen (secondary N) is 3. The van der Waals surface area contributed by atoms with Crippen LogP contribution >= 0.6 is 44.1 Å². The molecular formula is C18H17Br2N3O4S. The van der Waals surface area contributed by atoms with Crippen molar-refractivity contribution in [2.75, 3.05) is 13.7 Å². The summed E-state index contributed by atoms with van der Waals surface area (Å²) >= 11 is 11.7. The Balaban J connectivity index is 1.97. The number of halogens is 2. The van der Waals surface area contributed by atoms with Gasteiger partial charge in [-0.05, 0) is 71.5 Å². The minimum absolute atomic E-state index is 0.0617. The van der Waals surface area contributed by atoms with Gasteiger partial charge >= 0.3 is 0 Å². The van der Waals surface area contributed by atoms with Gasteiger partial charge in [-0.3, -0.25) is 25.8 Å². The number of hydrazine groups is 1. The lowest BCUT2D eigenvalue weighted by atomic mass is 10.2. The van der Waals surface area contributed by atoms with Gasteiger partial charge in [0.2, 0.25) is 0 Å². The molecule has 3 N–H and O–H groups in total. The predicted molar refractivity (Wildman–Crippen MR) is 117 cm³/mol. The van der Waals surface area contributed by atoms with E-state index in [2.05, 4.69) is 48.0 Å². The quantitative estimate of drug-likeness (QED) is 0.404. The molecule has 0 saturated carbocycles. The Morgan fingerprint density at radius 3 is 2.39 bits per heavy atom. The summed E-state index contributed by atoms with van der Waals surface area (Å²) in [6, 6.07) is 9.93. The average Bonchev–Trinajstić information content (AvgIpc) is 2.67. The number of hydrogen-bond donors (Lipinski definition) is 3. The molecule has 0 spiro atoms. The molecule has 7 nitrogen and oxygen atoms in total. The van der Waals surface area contributed by atoms with Crippen LogP contribution in [0.2, 0.25) is 0 Å². The topological polar surface area (TPSA) is 88.7 Å². The van der Waals surface area contributed by atoms with E-state index in [1.807, 2.05) is 6.92 Å². The molecule has 0 saturated heterocycles. The number of benzene rings is 2. The van der Waals surface area contributed by atoms with Crippen LogP contribution in [-0.2, 0) is 0 Å². The van der Waals surface area contributed by atoms with Crippen molar-refractivity contribution < 1.29 is 19.1 Å². The van der Waals surface area contributed by atoms with Crippen molar-refractivity contribution in [2.45, 2.75) is 6.92 Å². The molecule has 0 unspecified atom stereocenters. The highest BCUT2D eigenvalue weighted by Gasteiger charge is 2.15. The number of amides is 2. The molecule has 10 heteroatoms. The summed E-state index contributed by atoms with van der Waals surface area (Å²) < 4.78 is 11.9. The molecule has 28 heavy (non-hydrogen) atoms. The summed E-state index contributed by atoms with van der Waals surface area (Å²) in [7, 11) is 1.53. The molecule has 148 valence electrons. The van der Waals surface area contributed by atoms with E-state index in [-0.39, 0.29) is 5.11 Å². The van der Waals surface area contributed by atoms with Crippen LogP contribution in [0.3, 0.4) is 0 Å². The minimum Gasteiger partial charge on any atom is -0.496 e. The molecule has 0 heterocycles. The van der Waals surface area contributed by atoms with E-state index in [9.17, 15) is 9.59 Å². The summed E-state index contributed by atoms with van der Waals surface area (Å²) in [5.74, 6) is 0.130. The molecule has 0 aliphatic rings. The molecule has 2 rings (SSSR count). The lowest BCUT2D eigenvalue weighted by molar-refractivity contribution is 0.0933. The highest BCUT2D eigenvalue weighted by Crippen LogP contribution is 2.25. The lowest BCUT2D eigenvalue weighted by Gasteiger charge is -2.13. The number of hydrogen-bond acceptors (Lipinski definition) is 5. The number of ether oxygens (including phenoxy) is 2. The second-order valence-corrected chi connectivity index (χ2v) is 7.46. The van der Waals surface area contributed by atoms with Crippen molar-refractivity contribution in [1.29, 1.82) is 0 Å². The van der Waals surface area contributed by atoms with Gasteiger partial charge in [0.05, 0.1) is 23.8 Å². The molecule has 0 aliphatic heterocycles. The van der Waals surface area contributed by atoms with Crippen LogP contribution in [0.5, 0.6) is 11.5 Å². The van der Waals surface area contributed by atoms with Crippen LogP contribution in [-0.4, -0.2) is 30.6 Å². The Kier molecular flexibility index (Phi) is 8.21. The highest BCUT2D eigenvalue weighted by molar-refractivity contribution is 9.10. The summed E-state index contributed by atoms with van der Waals surface area (Å²) in [6.45, 7) is 2.24. The van der Waals surface area contributed by atoms with Gasteiger partial charge < -0.3 is 9.47 Å². The van der Waals surface area contributed by atoms with Crippen LogP contribution in [0.4, 0.5) is 0 Å².